The number of carbonyl (C=O) groups is 2. The molecule has 1 fully saturated rings. The number of ether oxygens (including phenoxy) is 1. The Hall–Kier alpha value is -2.24. The number of carbonyl (C=O) groups excluding carboxylic acids is 2. The Morgan fingerprint density at radius 2 is 1.91 bits per heavy atom. The van der Waals surface area contributed by atoms with Gasteiger partial charge >= 0.3 is 6.09 Å². The number of hydrogen-bond donors (Lipinski definition) is 2. The lowest BCUT2D eigenvalue weighted by Crippen LogP contribution is -2.46. The van der Waals surface area contributed by atoms with Gasteiger partial charge in [0.1, 0.15) is 5.60 Å². The van der Waals surface area contributed by atoms with E-state index in [0.717, 1.165) is 18.5 Å². The molecule has 0 spiro atoms. The van der Waals surface area contributed by atoms with E-state index < -0.39 is 11.5 Å². The van der Waals surface area contributed by atoms with Gasteiger partial charge in [-0.3, -0.25) is 4.79 Å². The fourth-order valence-corrected chi connectivity index (χ4v) is 2.55. The van der Waals surface area contributed by atoms with Crippen molar-refractivity contribution >= 4 is 17.7 Å². The first-order valence-electron chi connectivity index (χ1n) is 7.89. The maximum absolute atomic E-state index is 12.2. The van der Waals surface area contributed by atoms with E-state index in [1.54, 1.807) is 17.0 Å². The Bertz CT molecular complexity index is 563. The van der Waals surface area contributed by atoms with Crippen molar-refractivity contribution in [2.45, 2.75) is 45.3 Å². The lowest BCUT2D eigenvalue weighted by atomic mass is 10.1. The molecule has 0 bridgehead atoms. The van der Waals surface area contributed by atoms with Gasteiger partial charge in [-0.1, -0.05) is 0 Å². The first kappa shape index (κ1) is 17.1. The molecule has 23 heavy (non-hydrogen) atoms. The molecule has 1 aliphatic rings. The predicted molar refractivity (Wildman–Crippen MR) is 89.4 cm³/mol. The van der Waals surface area contributed by atoms with E-state index in [2.05, 4.69) is 5.32 Å². The highest BCUT2D eigenvalue weighted by Crippen LogP contribution is 2.19. The summed E-state index contributed by atoms with van der Waals surface area (Å²) < 4.78 is 5.43. The number of primary amides is 1. The molecular weight excluding hydrogens is 294 g/mol. The van der Waals surface area contributed by atoms with Crippen molar-refractivity contribution in [3.05, 3.63) is 29.8 Å². The second-order valence-electron chi connectivity index (χ2n) is 6.85. The van der Waals surface area contributed by atoms with E-state index in [9.17, 15) is 9.59 Å². The monoisotopic (exact) mass is 319 g/mol. The van der Waals surface area contributed by atoms with E-state index in [-0.39, 0.29) is 12.1 Å². The average Bonchev–Trinajstić information content (AvgIpc) is 2.46. The Balaban J connectivity index is 1.93. The molecule has 126 valence electrons. The number of rotatable bonds is 3. The molecule has 1 atom stereocenters. The smallest absolute Gasteiger partial charge is 0.410 e. The number of nitrogens with two attached hydrogens (primary N) is 1. The van der Waals surface area contributed by atoms with Crippen LogP contribution in [0.15, 0.2) is 24.3 Å². The van der Waals surface area contributed by atoms with Gasteiger partial charge in [-0.25, -0.2) is 4.79 Å². The molecular formula is C17H25N3O3. The van der Waals surface area contributed by atoms with Crippen LogP contribution in [0.3, 0.4) is 0 Å². The summed E-state index contributed by atoms with van der Waals surface area (Å²) in [6, 6.07) is 7.20. The van der Waals surface area contributed by atoms with Crippen LogP contribution < -0.4 is 11.1 Å². The van der Waals surface area contributed by atoms with Crippen LogP contribution in [0.4, 0.5) is 10.5 Å². The zero-order valence-corrected chi connectivity index (χ0v) is 14.0. The van der Waals surface area contributed by atoms with E-state index in [0.29, 0.717) is 18.7 Å². The number of nitrogens with one attached hydrogen (secondary N) is 1. The van der Waals surface area contributed by atoms with Crippen LogP contribution >= 0.6 is 0 Å². The molecule has 6 heteroatoms. The second-order valence-corrected chi connectivity index (χ2v) is 6.85. The molecule has 3 N–H and O–H groups in total. The summed E-state index contributed by atoms with van der Waals surface area (Å²) in [5.74, 6) is -0.440. The molecule has 2 amide bonds. The van der Waals surface area contributed by atoms with Crippen LogP contribution in [0.25, 0.3) is 0 Å². The first-order chi connectivity index (χ1) is 10.7. The van der Waals surface area contributed by atoms with Crippen molar-refractivity contribution in [3.8, 4) is 0 Å². The normalized spacial score (nSPS) is 18.4. The van der Waals surface area contributed by atoms with Gasteiger partial charge in [-0.2, -0.15) is 0 Å². The highest BCUT2D eigenvalue weighted by atomic mass is 16.6. The Morgan fingerprint density at radius 1 is 1.26 bits per heavy atom. The zero-order chi connectivity index (χ0) is 17.0. The number of likely N-dealkylation sites (tertiary alicyclic amines) is 1. The van der Waals surface area contributed by atoms with Gasteiger partial charge in [-0.05, 0) is 57.9 Å². The SMILES string of the molecule is CC(C)(C)OC(=O)N1CCCC(Nc2ccc(C(N)=O)cc2)C1. The van der Waals surface area contributed by atoms with Crippen LogP contribution in [-0.2, 0) is 4.74 Å². The van der Waals surface area contributed by atoms with Gasteiger partial charge in [-0.15, -0.1) is 0 Å². The summed E-state index contributed by atoms with van der Waals surface area (Å²) in [7, 11) is 0. The number of nitrogens with zero attached hydrogens (tertiary/aromatic N) is 1. The van der Waals surface area contributed by atoms with Crippen molar-refractivity contribution in [3.63, 3.8) is 0 Å². The van der Waals surface area contributed by atoms with E-state index >= 15 is 0 Å². The molecule has 1 unspecified atom stereocenters. The fraction of sp³-hybridized carbons (Fsp3) is 0.529. The van der Waals surface area contributed by atoms with E-state index in [1.807, 2.05) is 32.9 Å². The zero-order valence-electron chi connectivity index (χ0n) is 14.0. The standard InChI is InChI=1S/C17H25N3O3/c1-17(2,3)23-16(22)20-10-4-5-14(11-20)19-13-8-6-12(7-9-13)15(18)21/h6-9,14,19H,4-5,10-11H2,1-3H3,(H2,18,21). The van der Waals surface area contributed by atoms with Gasteiger partial charge < -0.3 is 20.7 Å². The minimum absolute atomic E-state index is 0.163. The predicted octanol–water partition coefficient (Wildman–Crippen LogP) is 2.60. The van der Waals surface area contributed by atoms with Gasteiger partial charge in [0.25, 0.3) is 0 Å². The van der Waals surface area contributed by atoms with Crippen molar-refractivity contribution in [2.24, 2.45) is 5.73 Å². The molecule has 1 aromatic carbocycles. The summed E-state index contributed by atoms with van der Waals surface area (Å²) in [4.78, 5) is 25.0. The molecule has 1 aromatic rings. The summed E-state index contributed by atoms with van der Waals surface area (Å²) >= 11 is 0. The number of anilines is 1. The molecule has 1 heterocycles. The van der Waals surface area contributed by atoms with E-state index in [1.165, 1.54) is 0 Å². The Labute approximate surface area is 137 Å². The maximum Gasteiger partial charge on any atom is 0.410 e. The molecule has 2 rings (SSSR count). The minimum atomic E-state index is -0.484. The molecule has 0 radical (unpaired) electrons. The van der Waals surface area contributed by atoms with Crippen molar-refractivity contribution in [1.82, 2.24) is 4.90 Å². The van der Waals surface area contributed by atoms with E-state index in [4.69, 9.17) is 10.5 Å². The Morgan fingerprint density at radius 3 is 2.48 bits per heavy atom. The summed E-state index contributed by atoms with van der Waals surface area (Å²) in [5, 5.41) is 3.39. The largest absolute Gasteiger partial charge is 0.444 e. The van der Waals surface area contributed by atoms with Crippen molar-refractivity contribution in [2.75, 3.05) is 18.4 Å². The number of amides is 2. The maximum atomic E-state index is 12.2. The quantitative estimate of drug-likeness (QED) is 0.897. The first-order valence-corrected chi connectivity index (χ1v) is 7.89. The van der Waals surface area contributed by atoms with Crippen LogP contribution in [-0.4, -0.2) is 41.6 Å². The lowest BCUT2D eigenvalue weighted by Gasteiger charge is -2.34. The molecule has 1 saturated heterocycles. The average molecular weight is 319 g/mol. The number of benzene rings is 1. The van der Waals surface area contributed by atoms with Crippen LogP contribution in [0.2, 0.25) is 0 Å². The van der Waals surface area contributed by atoms with Crippen molar-refractivity contribution in [1.29, 1.82) is 0 Å². The van der Waals surface area contributed by atoms with Crippen LogP contribution in [0.1, 0.15) is 44.0 Å². The topological polar surface area (TPSA) is 84.7 Å². The summed E-state index contributed by atoms with van der Waals surface area (Å²) in [5.41, 5.74) is 6.14. The third kappa shape index (κ3) is 5.16. The molecule has 0 saturated carbocycles. The highest BCUT2D eigenvalue weighted by Gasteiger charge is 2.27. The molecule has 6 nitrogen and oxygen atoms in total. The summed E-state index contributed by atoms with van der Waals surface area (Å²) in [6.07, 6.45) is 1.64. The lowest BCUT2D eigenvalue weighted by molar-refractivity contribution is 0.0206. The number of piperidine rings is 1. The Kier molecular flexibility index (Phi) is 5.13. The van der Waals surface area contributed by atoms with Gasteiger partial charge in [0.05, 0.1) is 0 Å². The van der Waals surface area contributed by atoms with Crippen LogP contribution in [0, 0.1) is 0 Å². The molecule has 0 aliphatic carbocycles. The third-order valence-electron chi connectivity index (χ3n) is 3.61. The third-order valence-corrected chi connectivity index (χ3v) is 3.61. The highest BCUT2D eigenvalue weighted by molar-refractivity contribution is 5.93. The van der Waals surface area contributed by atoms with Gasteiger partial charge in [0.2, 0.25) is 5.91 Å². The van der Waals surface area contributed by atoms with Gasteiger partial charge in [0, 0.05) is 30.4 Å². The van der Waals surface area contributed by atoms with Crippen LogP contribution in [0.5, 0.6) is 0 Å². The minimum Gasteiger partial charge on any atom is -0.444 e. The van der Waals surface area contributed by atoms with Gasteiger partial charge in [0.15, 0.2) is 0 Å². The van der Waals surface area contributed by atoms with Crippen molar-refractivity contribution < 1.29 is 14.3 Å². The molecule has 0 aromatic heterocycles. The fourth-order valence-electron chi connectivity index (χ4n) is 2.55. The molecule has 1 aliphatic heterocycles. The summed E-state index contributed by atoms with van der Waals surface area (Å²) in [6.45, 7) is 6.92. The second kappa shape index (κ2) is 6.89. The number of hydrogen-bond acceptors (Lipinski definition) is 4.